The fourth-order valence-corrected chi connectivity index (χ4v) is 4.85. The van der Waals surface area contributed by atoms with Gasteiger partial charge in [0.15, 0.2) is 0 Å². The van der Waals surface area contributed by atoms with Crippen LogP contribution >= 0.6 is 0 Å². The summed E-state index contributed by atoms with van der Waals surface area (Å²) >= 11 is 0. The highest BCUT2D eigenvalue weighted by Crippen LogP contribution is 2.43. The maximum absolute atomic E-state index is 6.01. The number of epoxide rings is 1. The summed E-state index contributed by atoms with van der Waals surface area (Å²) in [5.74, 6) is 2.24. The van der Waals surface area contributed by atoms with Gasteiger partial charge in [0.25, 0.3) is 0 Å². The van der Waals surface area contributed by atoms with Crippen molar-refractivity contribution < 1.29 is 18.0 Å². The summed E-state index contributed by atoms with van der Waals surface area (Å²) in [7, 11) is -1.56. The van der Waals surface area contributed by atoms with Crippen molar-refractivity contribution in [2.75, 3.05) is 19.8 Å². The van der Waals surface area contributed by atoms with Gasteiger partial charge in [-0.05, 0) is 56.3 Å². The van der Waals surface area contributed by atoms with Crippen molar-refractivity contribution in [1.82, 2.24) is 0 Å². The van der Waals surface area contributed by atoms with E-state index < -0.39 is 9.53 Å². The summed E-state index contributed by atoms with van der Waals surface area (Å²) in [6, 6.07) is 0. The molecule has 5 atom stereocenters. The van der Waals surface area contributed by atoms with E-state index in [9.17, 15) is 0 Å². The quantitative estimate of drug-likeness (QED) is 0.249. The second-order valence-corrected chi connectivity index (χ2v) is 9.28. The second kappa shape index (κ2) is 11.7. The van der Waals surface area contributed by atoms with Crippen molar-refractivity contribution in [2.45, 2.75) is 91.3 Å². The molecule has 2 aliphatic rings. The van der Waals surface area contributed by atoms with E-state index in [1.165, 1.54) is 19.3 Å². The molecule has 1 saturated heterocycles. The minimum atomic E-state index is -1.56. The van der Waals surface area contributed by atoms with Gasteiger partial charge in [0.2, 0.25) is 0 Å². The van der Waals surface area contributed by atoms with Crippen molar-refractivity contribution in [1.29, 1.82) is 0 Å². The van der Waals surface area contributed by atoms with E-state index in [1.807, 2.05) is 0 Å². The van der Waals surface area contributed by atoms with Gasteiger partial charge < -0.3 is 18.0 Å². The van der Waals surface area contributed by atoms with Crippen LogP contribution in [0, 0.1) is 17.8 Å². The number of hydrogen-bond donors (Lipinski definition) is 0. The molecule has 147 valence electrons. The first-order valence-corrected chi connectivity index (χ1v) is 11.8. The lowest BCUT2D eigenvalue weighted by molar-refractivity contribution is 0.0811. The predicted octanol–water partition coefficient (Wildman–Crippen LogP) is 4.85. The molecule has 0 amide bonds. The van der Waals surface area contributed by atoms with Crippen LogP contribution in [0.15, 0.2) is 0 Å². The molecule has 0 N–H and O–H groups in total. The third-order valence-corrected chi connectivity index (χ3v) is 7.23. The topological polar surface area (TPSA) is 40.2 Å². The Morgan fingerprint density at radius 1 is 0.920 bits per heavy atom. The molecule has 0 aromatic rings. The Bertz CT molecular complexity index is 343. The molecule has 1 aliphatic carbocycles. The summed E-state index contributed by atoms with van der Waals surface area (Å²) < 4.78 is 23.4. The Morgan fingerprint density at radius 2 is 1.56 bits per heavy atom. The molecule has 1 heterocycles. The summed E-state index contributed by atoms with van der Waals surface area (Å²) in [4.78, 5) is 0. The van der Waals surface area contributed by atoms with Crippen LogP contribution in [0.25, 0.3) is 0 Å². The van der Waals surface area contributed by atoms with Gasteiger partial charge in [0, 0.05) is 19.8 Å². The highest BCUT2D eigenvalue weighted by Gasteiger charge is 2.45. The second-order valence-electron chi connectivity index (χ2n) is 7.91. The third kappa shape index (κ3) is 7.67. The molecule has 25 heavy (non-hydrogen) atoms. The standard InChI is InChI=1S/C20H39O4Si/c1-5-7-12-21-25(22-13-8-6-2)23-14-11-16(3)17(4)18-9-10-19-20(15-18)24-19/h16-20H,5-15H2,1-4H3. The number of rotatable bonds is 14. The molecule has 0 bridgehead atoms. The van der Waals surface area contributed by atoms with Crippen molar-refractivity contribution in [3.8, 4) is 0 Å². The first kappa shape index (κ1) is 21.4. The summed E-state index contributed by atoms with van der Waals surface area (Å²) in [6.07, 6.45) is 10.6. The molecule has 0 aromatic carbocycles. The van der Waals surface area contributed by atoms with Gasteiger partial charge in [-0.25, -0.2) is 0 Å². The van der Waals surface area contributed by atoms with Crippen LogP contribution in [0.1, 0.15) is 79.1 Å². The van der Waals surface area contributed by atoms with Crippen LogP contribution in [0.2, 0.25) is 0 Å². The van der Waals surface area contributed by atoms with Crippen LogP contribution in [0.3, 0.4) is 0 Å². The zero-order valence-corrected chi connectivity index (χ0v) is 17.8. The fraction of sp³-hybridized carbons (Fsp3) is 1.00. The van der Waals surface area contributed by atoms with E-state index in [0.29, 0.717) is 18.1 Å². The molecule has 4 nitrogen and oxygen atoms in total. The Kier molecular flexibility index (Phi) is 10.00. The van der Waals surface area contributed by atoms with E-state index in [1.54, 1.807) is 0 Å². The Morgan fingerprint density at radius 3 is 2.16 bits per heavy atom. The monoisotopic (exact) mass is 371 g/mol. The molecule has 0 aromatic heterocycles. The number of unbranched alkanes of at least 4 members (excludes halogenated alkanes) is 2. The molecule has 1 aliphatic heterocycles. The van der Waals surface area contributed by atoms with Crippen molar-refractivity contribution in [2.24, 2.45) is 17.8 Å². The molecule has 2 fully saturated rings. The zero-order chi connectivity index (χ0) is 18.1. The van der Waals surface area contributed by atoms with Gasteiger partial charge in [-0.3, -0.25) is 0 Å². The molecule has 2 rings (SSSR count). The molecule has 1 radical (unpaired) electrons. The minimum absolute atomic E-state index is 0.582. The van der Waals surface area contributed by atoms with Crippen LogP contribution in [0.5, 0.6) is 0 Å². The average Bonchev–Trinajstić information content (AvgIpc) is 3.39. The van der Waals surface area contributed by atoms with Crippen LogP contribution < -0.4 is 0 Å². The van der Waals surface area contributed by atoms with Gasteiger partial charge in [-0.15, -0.1) is 0 Å². The lowest BCUT2D eigenvalue weighted by atomic mass is 9.75. The molecule has 5 heteroatoms. The molecular weight excluding hydrogens is 332 g/mol. The SMILES string of the molecule is CCCCO[Si](OCCCC)OCCC(C)C(C)C1CCC2OC2C1. The largest absolute Gasteiger partial charge is 0.577 e. The van der Waals surface area contributed by atoms with Crippen molar-refractivity contribution >= 4 is 9.53 Å². The molecule has 1 saturated carbocycles. The Hall–Kier alpha value is 0.0569. The highest BCUT2D eigenvalue weighted by molar-refractivity contribution is 6.36. The van der Waals surface area contributed by atoms with E-state index in [0.717, 1.165) is 63.8 Å². The maximum atomic E-state index is 6.01. The van der Waals surface area contributed by atoms with Crippen LogP contribution in [-0.4, -0.2) is 41.6 Å². The number of fused-ring (bicyclic) bond motifs is 1. The Labute approximate surface area is 156 Å². The van der Waals surface area contributed by atoms with E-state index >= 15 is 0 Å². The lowest BCUT2D eigenvalue weighted by Crippen LogP contribution is -2.30. The normalized spacial score (nSPS) is 28.0. The predicted molar refractivity (Wildman–Crippen MR) is 102 cm³/mol. The number of hydrogen-bond acceptors (Lipinski definition) is 4. The van der Waals surface area contributed by atoms with Gasteiger partial charge in [0.05, 0.1) is 12.2 Å². The summed E-state index contributed by atoms with van der Waals surface area (Å²) in [6.45, 7) is 11.4. The van der Waals surface area contributed by atoms with Gasteiger partial charge in [-0.2, -0.15) is 0 Å². The molecule has 0 spiro atoms. The summed E-state index contributed by atoms with van der Waals surface area (Å²) in [5.41, 5.74) is 0. The highest BCUT2D eigenvalue weighted by atomic mass is 28.3. The summed E-state index contributed by atoms with van der Waals surface area (Å²) in [5, 5.41) is 0. The van der Waals surface area contributed by atoms with E-state index in [-0.39, 0.29) is 0 Å². The molecular formula is C20H39O4Si. The van der Waals surface area contributed by atoms with Gasteiger partial charge >= 0.3 is 9.53 Å². The van der Waals surface area contributed by atoms with Crippen LogP contribution in [-0.2, 0) is 18.0 Å². The third-order valence-electron chi connectivity index (χ3n) is 5.91. The van der Waals surface area contributed by atoms with E-state index in [4.69, 9.17) is 18.0 Å². The molecule has 5 unspecified atom stereocenters. The Balaban J connectivity index is 1.63. The first-order valence-electron chi connectivity index (χ1n) is 10.6. The van der Waals surface area contributed by atoms with Crippen molar-refractivity contribution in [3.05, 3.63) is 0 Å². The average molecular weight is 372 g/mol. The first-order chi connectivity index (χ1) is 12.2. The van der Waals surface area contributed by atoms with Gasteiger partial charge in [0.1, 0.15) is 0 Å². The minimum Gasteiger partial charge on any atom is -0.371 e. The van der Waals surface area contributed by atoms with Crippen molar-refractivity contribution in [3.63, 3.8) is 0 Å². The lowest BCUT2D eigenvalue weighted by Gasteiger charge is -2.30. The zero-order valence-electron chi connectivity index (χ0n) is 16.8. The smallest absolute Gasteiger partial charge is 0.371 e. The number of ether oxygens (including phenoxy) is 1. The maximum Gasteiger partial charge on any atom is 0.577 e. The van der Waals surface area contributed by atoms with Gasteiger partial charge in [-0.1, -0.05) is 40.5 Å². The van der Waals surface area contributed by atoms with E-state index in [2.05, 4.69) is 27.7 Å². The fourth-order valence-electron chi connectivity index (χ4n) is 3.69. The van der Waals surface area contributed by atoms with Crippen LogP contribution in [0.4, 0.5) is 0 Å².